The fourth-order valence-electron chi connectivity index (χ4n) is 1.60. The van der Waals surface area contributed by atoms with E-state index in [4.69, 9.17) is 0 Å². The van der Waals surface area contributed by atoms with Crippen molar-refractivity contribution in [2.75, 3.05) is 0 Å². The van der Waals surface area contributed by atoms with Crippen molar-refractivity contribution >= 4 is 9.84 Å². The quantitative estimate of drug-likeness (QED) is 0.642. The Morgan fingerprint density at radius 2 is 1.64 bits per heavy atom. The number of sulfone groups is 1. The summed E-state index contributed by atoms with van der Waals surface area (Å²) in [7, 11) is -2.78. The van der Waals surface area contributed by atoms with Crippen LogP contribution in [0.15, 0.2) is 0 Å². The molecule has 0 unspecified atom stereocenters. The van der Waals surface area contributed by atoms with Gasteiger partial charge in [0.05, 0.1) is 10.5 Å². The molecule has 3 heteroatoms. The third-order valence-electron chi connectivity index (χ3n) is 2.42. The SMILES string of the molecule is CC(C)S(=O)(=O)C1CCCC1. The van der Waals surface area contributed by atoms with E-state index in [1.54, 1.807) is 13.8 Å². The van der Waals surface area contributed by atoms with Crippen LogP contribution >= 0.6 is 0 Å². The van der Waals surface area contributed by atoms with Crippen molar-refractivity contribution in [1.29, 1.82) is 0 Å². The van der Waals surface area contributed by atoms with Crippen LogP contribution in [-0.4, -0.2) is 18.9 Å². The van der Waals surface area contributed by atoms with Gasteiger partial charge in [0.1, 0.15) is 0 Å². The maximum atomic E-state index is 11.5. The van der Waals surface area contributed by atoms with Crippen LogP contribution in [0.5, 0.6) is 0 Å². The zero-order chi connectivity index (χ0) is 8.48. The fourth-order valence-corrected chi connectivity index (χ4v) is 3.36. The molecular weight excluding hydrogens is 160 g/mol. The molecule has 1 rings (SSSR count). The van der Waals surface area contributed by atoms with Gasteiger partial charge >= 0.3 is 0 Å². The maximum absolute atomic E-state index is 11.5. The molecule has 0 N–H and O–H groups in total. The zero-order valence-corrected chi connectivity index (χ0v) is 8.02. The third kappa shape index (κ3) is 1.75. The predicted octanol–water partition coefficient (Wildman–Crippen LogP) is 1.75. The summed E-state index contributed by atoms with van der Waals surface area (Å²) in [5, 5.41) is -0.215. The van der Waals surface area contributed by atoms with Crippen LogP contribution in [0, 0.1) is 0 Å². The van der Waals surface area contributed by atoms with Crippen LogP contribution in [0.2, 0.25) is 0 Å². The van der Waals surface area contributed by atoms with Crippen molar-refractivity contribution in [3.05, 3.63) is 0 Å². The standard InChI is InChI=1S/C8H16O2S/c1-7(2)11(9,10)8-5-3-4-6-8/h7-8H,3-6H2,1-2H3. The molecule has 0 aromatic rings. The molecule has 66 valence electrons. The number of rotatable bonds is 2. The second kappa shape index (κ2) is 3.13. The normalized spacial score (nSPS) is 21.4. The smallest absolute Gasteiger partial charge is 0.155 e. The number of hydrogen-bond donors (Lipinski definition) is 0. The summed E-state index contributed by atoms with van der Waals surface area (Å²) >= 11 is 0. The monoisotopic (exact) mass is 176 g/mol. The zero-order valence-electron chi connectivity index (χ0n) is 7.21. The van der Waals surface area contributed by atoms with Crippen molar-refractivity contribution in [1.82, 2.24) is 0 Å². The van der Waals surface area contributed by atoms with Gasteiger partial charge < -0.3 is 0 Å². The Morgan fingerprint density at radius 3 is 2.00 bits per heavy atom. The molecule has 1 aliphatic carbocycles. The molecule has 1 fully saturated rings. The molecule has 0 radical (unpaired) electrons. The lowest BCUT2D eigenvalue weighted by Crippen LogP contribution is -2.25. The second-order valence-corrected chi connectivity index (χ2v) is 6.33. The van der Waals surface area contributed by atoms with Gasteiger partial charge in [0.15, 0.2) is 9.84 Å². The van der Waals surface area contributed by atoms with Gasteiger partial charge in [-0.05, 0) is 26.7 Å². The average Bonchev–Trinajstić information content (AvgIpc) is 2.37. The molecule has 0 heterocycles. The van der Waals surface area contributed by atoms with Crippen molar-refractivity contribution < 1.29 is 8.42 Å². The molecule has 0 spiro atoms. The van der Waals surface area contributed by atoms with Gasteiger partial charge in [-0.15, -0.1) is 0 Å². The van der Waals surface area contributed by atoms with Gasteiger partial charge in [0, 0.05) is 0 Å². The molecule has 0 aliphatic heterocycles. The average molecular weight is 176 g/mol. The molecule has 0 bridgehead atoms. The predicted molar refractivity (Wildman–Crippen MR) is 46.3 cm³/mol. The van der Waals surface area contributed by atoms with E-state index in [1.165, 1.54) is 0 Å². The van der Waals surface area contributed by atoms with Crippen molar-refractivity contribution in [3.63, 3.8) is 0 Å². The van der Waals surface area contributed by atoms with Gasteiger partial charge in [-0.3, -0.25) is 0 Å². The lowest BCUT2D eigenvalue weighted by molar-refractivity contribution is 0.570. The van der Waals surface area contributed by atoms with E-state index in [0.29, 0.717) is 0 Å². The lowest BCUT2D eigenvalue weighted by Gasteiger charge is -2.13. The minimum atomic E-state index is -2.78. The Hall–Kier alpha value is -0.0500. The van der Waals surface area contributed by atoms with Crippen LogP contribution in [0.4, 0.5) is 0 Å². The Balaban J connectivity index is 2.72. The highest BCUT2D eigenvalue weighted by molar-refractivity contribution is 7.92. The Labute approximate surface area is 68.9 Å². The minimum absolute atomic E-state index is 0.0255. The first kappa shape index (κ1) is 9.04. The molecule has 0 atom stereocenters. The first-order valence-electron chi connectivity index (χ1n) is 4.28. The van der Waals surface area contributed by atoms with Crippen LogP contribution in [-0.2, 0) is 9.84 Å². The van der Waals surface area contributed by atoms with Crippen molar-refractivity contribution in [2.24, 2.45) is 0 Å². The molecule has 1 saturated carbocycles. The largest absolute Gasteiger partial charge is 0.228 e. The van der Waals surface area contributed by atoms with Gasteiger partial charge in [-0.2, -0.15) is 0 Å². The van der Waals surface area contributed by atoms with E-state index in [1.807, 2.05) is 0 Å². The minimum Gasteiger partial charge on any atom is -0.228 e. The summed E-state index contributed by atoms with van der Waals surface area (Å²) in [5.74, 6) is 0. The first-order valence-corrected chi connectivity index (χ1v) is 5.89. The number of hydrogen-bond acceptors (Lipinski definition) is 2. The summed E-state index contributed by atoms with van der Waals surface area (Å²) in [6.45, 7) is 3.54. The lowest BCUT2D eigenvalue weighted by atomic mass is 10.4. The molecule has 0 saturated heterocycles. The Morgan fingerprint density at radius 1 is 1.18 bits per heavy atom. The maximum Gasteiger partial charge on any atom is 0.155 e. The Kier molecular flexibility index (Phi) is 2.58. The summed E-state index contributed by atoms with van der Waals surface area (Å²) in [4.78, 5) is 0. The van der Waals surface area contributed by atoms with Crippen molar-refractivity contribution in [3.8, 4) is 0 Å². The van der Waals surface area contributed by atoms with E-state index >= 15 is 0 Å². The first-order chi connectivity index (χ1) is 5.05. The third-order valence-corrected chi connectivity index (χ3v) is 5.14. The summed E-state index contributed by atoms with van der Waals surface area (Å²) in [6.07, 6.45) is 3.97. The van der Waals surface area contributed by atoms with Crippen LogP contribution in [0.3, 0.4) is 0 Å². The van der Waals surface area contributed by atoms with Gasteiger partial charge in [-0.1, -0.05) is 12.8 Å². The van der Waals surface area contributed by atoms with E-state index < -0.39 is 9.84 Å². The van der Waals surface area contributed by atoms with E-state index in [0.717, 1.165) is 25.7 Å². The molecular formula is C8H16O2S. The summed E-state index contributed by atoms with van der Waals surface area (Å²) < 4.78 is 23.1. The second-order valence-electron chi connectivity index (χ2n) is 3.54. The van der Waals surface area contributed by atoms with Gasteiger partial charge in [-0.25, -0.2) is 8.42 Å². The summed E-state index contributed by atoms with van der Waals surface area (Å²) in [6, 6.07) is 0. The highest BCUT2D eigenvalue weighted by atomic mass is 32.2. The molecule has 1 aliphatic rings. The highest BCUT2D eigenvalue weighted by Gasteiger charge is 2.30. The topological polar surface area (TPSA) is 34.1 Å². The highest BCUT2D eigenvalue weighted by Crippen LogP contribution is 2.26. The fraction of sp³-hybridized carbons (Fsp3) is 1.00. The van der Waals surface area contributed by atoms with E-state index in [-0.39, 0.29) is 10.5 Å². The molecule has 2 nitrogen and oxygen atoms in total. The Bertz CT molecular complexity index is 210. The van der Waals surface area contributed by atoms with Crippen LogP contribution in [0.1, 0.15) is 39.5 Å². The molecule has 0 amide bonds. The van der Waals surface area contributed by atoms with Crippen LogP contribution < -0.4 is 0 Å². The van der Waals surface area contributed by atoms with E-state index in [2.05, 4.69) is 0 Å². The summed E-state index contributed by atoms with van der Waals surface area (Å²) in [5.41, 5.74) is 0. The van der Waals surface area contributed by atoms with Crippen LogP contribution in [0.25, 0.3) is 0 Å². The molecule has 0 aromatic heterocycles. The van der Waals surface area contributed by atoms with E-state index in [9.17, 15) is 8.42 Å². The van der Waals surface area contributed by atoms with Gasteiger partial charge in [0.2, 0.25) is 0 Å². The van der Waals surface area contributed by atoms with Crippen molar-refractivity contribution in [2.45, 2.75) is 50.0 Å². The molecule has 0 aromatic carbocycles. The van der Waals surface area contributed by atoms with Gasteiger partial charge in [0.25, 0.3) is 0 Å². The molecule has 11 heavy (non-hydrogen) atoms.